The third-order valence-electron chi connectivity index (χ3n) is 3.88. The molecule has 1 aromatic heterocycles. The molecule has 4 nitrogen and oxygen atoms in total. The third-order valence-corrected chi connectivity index (χ3v) is 4.77. The lowest BCUT2D eigenvalue weighted by Crippen LogP contribution is -3.10. The Kier molecular flexibility index (Phi) is 7.10. The summed E-state index contributed by atoms with van der Waals surface area (Å²) in [6, 6.07) is 6.05. The number of carbonyl (C=O) groups is 1. The van der Waals surface area contributed by atoms with Crippen molar-refractivity contribution in [3.8, 4) is 0 Å². The molecule has 0 saturated heterocycles. The van der Waals surface area contributed by atoms with Crippen molar-refractivity contribution in [2.45, 2.75) is 26.8 Å². The highest BCUT2D eigenvalue weighted by Crippen LogP contribution is 2.17. The van der Waals surface area contributed by atoms with Gasteiger partial charge in [0.25, 0.3) is 0 Å². The van der Waals surface area contributed by atoms with Crippen LogP contribution in [0.3, 0.4) is 0 Å². The fourth-order valence-electron chi connectivity index (χ4n) is 2.61. The average molecular weight is 357 g/mol. The fourth-order valence-corrected chi connectivity index (χ4v) is 3.40. The number of rotatable bonds is 9. The van der Waals surface area contributed by atoms with Gasteiger partial charge in [0.05, 0.1) is 19.5 Å². The lowest BCUT2D eigenvalue weighted by molar-refractivity contribution is -0.902. The molecule has 1 heterocycles. The van der Waals surface area contributed by atoms with Crippen LogP contribution in [-0.2, 0) is 17.8 Å². The summed E-state index contributed by atoms with van der Waals surface area (Å²) in [6.45, 7) is 14.1. The number of anilines is 1. The van der Waals surface area contributed by atoms with E-state index in [1.165, 1.54) is 16.2 Å². The molecule has 0 atom stereocenters. The van der Waals surface area contributed by atoms with Crippen LogP contribution < -0.4 is 10.2 Å². The molecule has 0 radical (unpaired) electrons. The minimum absolute atomic E-state index is 0.0315. The summed E-state index contributed by atoms with van der Waals surface area (Å²) in [7, 11) is 0. The second-order valence-corrected chi connectivity index (χ2v) is 7.13. The van der Waals surface area contributed by atoms with Gasteiger partial charge in [0.1, 0.15) is 17.2 Å². The van der Waals surface area contributed by atoms with E-state index < -0.39 is 0 Å². The topological polar surface area (TPSA) is 46.4 Å². The Morgan fingerprint density at radius 1 is 1.28 bits per heavy atom. The third kappa shape index (κ3) is 5.96. The van der Waals surface area contributed by atoms with Crippen molar-refractivity contribution in [2.75, 3.05) is 18.4 Å². The van der Waals surface area contributed by atoms with E-state index in [4.69, 9.17) is 0 Å². The first kappa shape index (κ1) is 19.1. The average Bonchev–Trinajstić information content (AvgIpc) is 2.98. The molecule has 0 bridgehead atoms. The minimum atomic E-state index is -0.0315. The molecule has 2 rings (SSSR count). The van der Waals surface area contributed by atoms with Gasteiger partial charge in [-0.1, -0.05) is 25.3 Å². The number of quaternary nitrogens is 1. The molecule has 0 aliphatic carbocycles. The summed E-state index contributed by atoms with van der Waals surface area (Å²) < 4.78 is 0. The zero-order chi connectivity index (χ0) is 18.2. The lowest BCUT2D eigenvalue weighted by Gasteiger charge is -2.14. The van der Waals surface area contributed by atoms with Crippen LogP contribution in [0.2, 0.25) is 0 Å². The van der Waals surface area contributed by atoms with Gasteiger partial charge in [-0.3, -0.25) is 4.79 Å². The van der Waals surface area contributed by atoms with Gasteiger partial charge in [-0.2, -0.15) is 0 Å². The number of amides is 1. The van der Waals surface area contributed by atoms with E-state index in [1.807, 2.05) is 49.6 Å². The van der Waals surface area contributed by atoms with E-state index in [1.54, 1.807) is 0 Å². The van der Waals surface area contributed by atoms with E-state index in [0.717, 1.165) is 47.2 Å². The number of aryl methyl sites for hydroxylation is 2. The van der Waals surface area contributed by atoms with E-state index in [2.05, 4.69) is 23.5 Å². The predicted molar refractivity (Wildman–Crippen MR) is 105 cm³/mol. The maximum absolute atomic E-state index is 12.3. The van der Waals surface area contributed by atoms with Crippen LogP contribution in [-0.4, -0.2) is 24.0 Å². The number of aromatic nitrogens is 1. The van der Waals surface area contributed by atoms with Crippen LogP contribution in [0.5, 0.6) is 0 Å². The molecule has 1 amide bonds. The number of hydrogen-bond donors (Lipinski definition) is 2. The second-order valence-electron chi connectivity index (χ2n) is 6.19. The molecule has 0 fully saturated rings. The number of benzene rings is 1. The quantitative estimate of drug-likeness (QED) is 0.679. The summed E-state index contributed by atoms with van der Waals surface area (Å²) in [5, 5.41) is 5.86. The highest BCUT2D eigenvalue weighted by molar-refractivity contribution is 7.09. The van der Waals surface area contributed by atoms with Crippen molar-refractivity contribution in [1.82, 2.24) is 4.98 Å². The molecule has 1 aromatic carbocycles. The van der Waals surface area contributed by atoms with Crippen LogP contribution in [0.15, 0.2) is 48.9 Å². The first-order chi connectivity index (χ1) is 12.0. The first-order valence-corrected chi connectivity index (χ1v) is 9.25. The van der Waals surface area contributed by atoms with E-state index in [0.29, 0.717) is 6.42 Å². The normalized spacial score (nSPS) is 10.7. The van der Waals surface area contributed by atoms with Crippen LogP contribution in [0.1, 0.15) is 21.8 Å². The van der Waals surface area contributed by atoms with Gasteiger partial charge in [-0.25, -0.2) is 4.98 Å². The number of nitrogens with zero attached hydrogens (tertiary/aromatic N) is 1. The standard InChI is InChI=1S/C20H25N3OS/c1-5-9-23(10-6-2)13-17-14-25-20(21-17)12-19(24)22-18-11-15(3)7-8-16(18)4/h5-8,11,14H,1-2,9-10,12-13H2,3-4H3,(H,22,24)/p+1. The lowest BCUT2D eigenvalue weighted by atomic mass is 10.1. The summed E-state index contributed by atoms with van der Waals surface area (Å²) in [5.74, 6) is -0.0315. The Morgan fingerprint density at radius 3 is 2.68 bits per heavy atom. The monoisotopic (exact) mass is 356 g/mol. The fraction of sp³-hybridized carbons (Fsp3) is 0.300. The highest BCUT2D eigenvalue weighted by Gasteiger charge is 2.13. The molecule has 0 saturated carbocycles. The summed E-state index contributed by atoms with van der Waals surface area (Å²) in [6.07, 6.45) is 4.11. The maximum atomic E-state index is 12.3. The molecule has 0 unspecified atom stereocenters. The van der Waals surface area contributed by atoms with Crippen LogP contribution in [0, 0.1) is 13.8 Å². The largest absolute Gasteiger partial charge is 0.325 e. The Morgan fingerprint density at radius 2 is 2.00 bits per heavy atom. The molecule has 2 N–H and O–H groups in total. The van der Waals surface area contributed by atoms with Crippen molar-refractivity contribution >= 4 is 22.9 Å². The molecular weight excluding hydrogens is 330 g/mol. The smallest absolute Gasteiger partial charge is 0.231 e. The van der Waals surface area contributed by atoms with Gasteiger partial charge in [0.15, 0.2) is 0 Å². The Labute approximate surface area is 153 Å². The van der Waals surface area contributed by atoms with Gasteiger partial charge in [0.2, 0.25) is 5.91 Å². The SMILES string of the molecule is C=CC[NH+](CC=C)Cc1csc(CC(=O)Nc2cc(C)ccc2C)n1. The zero-order valence-electron chi connectivity index (χ0n) is 15.0. The Bertz CT molecular complexity index is 741. The van der Waals surface area contributed by atoms with Crippen molar-refractivity contribution in [3.63, 3.8) is 0 Å². The van der Waals surface area contributed by atoms with Crippen molar-refractivity contribution in [3.05, 3.63) is 70.7 Å². The van der Waals surface area contributed by atoms with Crippen molar-refractivity contribution in [2.24, 2.45) is 0 Å². The van der Waals surface area contributed by atoms with Crippen LogP contribution >= 0.6 is 11.3 Å². The highest BCUT2D eigenvalue weighted by atomic mass is 32.1. The summed E-state index contributed by atoms with van der Waals surface area (Å²) in [5.41, 5.74) is 4.07. The summed E-state index contributed by atoms with van der Waals surface area (Å²) >= 11 is 1.54. The molecule has 5 heteroatoms. The van der Waals surface area contributed by atoms with E-state index in [-0.39, 0.29) is 5.91 Å². The number of hydrogen-bond acceptors (Lipinski definition) is 3. The molecule has 0 aliphatic heterocycles. The van der Waals surface area contributed by atoms with Gasteiger partial charge in [-0.05, 0) is 43.2 Å². The number of carbonyl (C=O) groups excluding carboxylic acids is 1. The Hall–Kier alpha value is -2.24. The summed E-state index contributed by atoms with van der Waals surface area (Å²) in [4.78, 5) is 18.2. The minimum Gasteiger partial charge on any atom is -0.325 e. The van der Waals surface area contributed by atoms with Crippen molar-refractivity contribution < 1.29 is 9.69 Å². The molecule has 25 heavy (non-hydrogen) atoms. The predicted octanol–water partition coefficient (Wildman–Crippen LogP) is 2.70. The van der Waals surface area contributed by atoms with Gasteiger partial charge >= 0.3 is 0 Å². The van der Waals surface area contributed by atoms with Crippen LogP contribution in [0.4, 0.5) is 5.69 Å². The van der Waals surface area contributed by atoms with Crippen LogP contribution in [0.25, 0.3) is 0 Å². The van der Waals surface area contributed by atoms with Gasteiger partial charge in [0, 0.05) is 11.1 Å². The molecule has 2 aromatic rings. The van der Waals surface area contributed by atoms with E-state index >= 15 is 0 Å². The zero-order valence-corrected chi connectivity index (χ0v) is 15.8. The molecule has 0 aliphatic rings. The Balaban J connectivity index is 1.95. The first-order valence-electron chi connectivity index (χ1n) is 8.37. The van der Waals surface area contributed by atoms with Crippen molar-refractivity contribution in [1.29, 1.82) is 0 Å². The number of nitrogens with one attached hydrogen (secondary N) is 2. The molecule has 132 valence electrons. The molecule has 0 spiro atoms. The van der Waals surface area contributed by atoms with E-state index in [9.17, 15) is 4.79 Å². The van der Waals surface area contributed by atoms with Gasteiger partial charge < -0.3 is 10.2 Å². The number of thiazole rings is 1. The maximum Gasteiger partial charge on any atom is 0.231 e. The molecular formula is C20H26N3OS+. The van der Waals surface area contributed by atoms with Gasteiger partial charge in [-0.15, -0.1) is 11.3 Å². The second kappa shape index (κ2) is 9.30.